The van der Waals surface area contributed by atoms with E-state index in [1.807, 2.05) is 0 Å². The van der Waals surface area contributed by atoms with Crippen LogP contribution in [0.3, 0.4) is 0 Å². The van der Waals surface area contributed by atoms with E-state index in [0.717, 1.165) is 0 Å². The molecule has 0 unspecified atom stereocenters. The number of rotatable bonds is 3. The fourth-order valence-electron chi connectivity index (χ4n) is 0.274. The number of carbonyl (C=O) groups excluding carboxylic acids is 2. The molecule has 0 atom stereocenters. The van der Waals surface area contributed by atoms with Gasteiger partial charge in [0.1, 0.15) is 0 Å². The highest BCUT2D eigenvalue weighted by molar-refractivity contribution is 6.01. The van der Waals surface area contributed by atoms with Gasteiger partial charge in [-0.25, -0.2) is 5.90 Å². The average molecular weight is 133 g/mol. The lowest BCUT2D eigenvalue weighted by Crippen LogP contribution is -2.43. The number of primary amides is 2. The van der Waals surface area contributed by atoms with Crippen LogP contribution in [0.2, 0.25) is 0 Å². The zero-order valence-corrected chi connectivity index (χ0v) is 4.53. The Labute approximate surface area is 50.9 Å². The molecule has 0 saturated heterocycles. The normalized spacial score (nSPS) is 9.56. The van der Waals surface area contributed by atoms with Gasteiger partial charge >= 0.3 is 0 Å². The molecular formula is C3H7N3O3. The lowest BCUT2D eigenvalue weighted by molar-refractivity contribution is -0.141. The van der Waals surface area contributed by atoms with Crippen molar-refractivity contribution in [2.75, 3.05) is 0 Å². The van der Waals surface area contributed by atoms with Gasteiger partial charge in [0.15, 0.2) is 0 Å². The number of nitrogens with two attached hydrogens (primary N) is 3. The Balaban J connectivity index is 3.99. The number of carbonyl (C=O) groups is 2. The topological polar surface area (TPSA) is 121 Å². The van der Waals surface area contributed by atoms with Crippen LogP contribution in [-0.2, 0) is 14.4 Å². The maximum Gasteiger partial charge on any atom is 0.258 e. The maximum absolute atomic E-state index is 10.1. The van der Waals surface area contributed by atoms with Crippen molar-refractivity contribution >= 4 is 11.8 Å². The van der Waals surface area contributed by atoms with E-state index in [9.17, 15) is 9.59 Å². The van der Waals surface area contributed by atoms with E-state index >= 15 is 0 Å². The Morgan fingerprint density at radius 3 is 1.56 bits per heavy atom. The first kappa shape index (κ1) is 7.86. The summed E-state index contributed by atoms with van der Waals surface area (Å²) in [6, 6.07) is 0. The Morgan fingerprint density at radius 1 is 1.22 bits per heavy atom. The Bertz CT molecular complexity index is 120. The number of hydrogen-bond acceptors (Lipinski definition) is 4. The minimum Gasteiger partial charge on any atom is -0.367 e. The van der Waals surface area contributed by atoms with Gasteiger partial charge in [-0.15, -0.1) is 0 Å². The summed E-state index contributed by atoms with van der Waals surface area (Å²) in [5.41, 5.74) is 9.21. The first-order valence-electron chi connectivity index (χ1n) is 2.03. The van der Waals surface area contributed by atoms with Gasteiger partial charge < -0.3 is 11.5 Å². The van der Waals surface area contributed by atoms with Crippen LogP contribution in [0.15, 0.2) is 0 Å². The Kier molecular flexibility index (Phi) is 2.62. The Hall–Kier alpha value is -1.14. The highest BCUT2D eigenvalue weighted by Crippen LogP contribution is 1.81. The van der Waals surface area contributed by atoms with Gasteiger partial charge in [0.05, 0.1) is 0 Å². The van der Waals surface area contributed by atoms with Crippen LogP contribution in [0.1, 0.15) is 0 Å². The third-order valence-corrected chi connectivity index (χ3v) is 0.653. The standard InChI is InChI=1S/C3H7N3O3/c4-2(7)1(9-6)3(5)8/h1H,6H2,(H2,4,7)(H2,5,8). The van der Waals surface area contributed by atoms with Gasteiger partial charge in [-0.2, -0.15) is 0 Å². The second-order valence-electron chi connectivity index (χ2n) is 1.32. The minimum absolute atomic E-state index is 0.995. The summed E-state index contributed by atoms with van der Waals surface area (Å²) in [5.74, 6) is 2.48. The molecule has 0 saturated carbocycles. The van der Waals surface area contributed by atoms with Gasteiger partial charge in [-0.1, -0.05) is 0 Å². The van der Waals surface area contributed by atoms with E-state index in [4.69, 9.17) is 0 Å². The third kappa shape index (κ3) is 2.06. The van der Waals surface area contributed by atoms with Crippen molar-refractivity contribution in [3.63, 3.8) is 0 Å². The van der Waals surface area contributed by atoms with Crippen molar-refractivity contribution in [1.29, 1.82) is 0 Å². The number of hydrogen-bond donors (Lipinski definition) is 3. The summed E-state index contributed by atoms with van der Waals surface area (Å²) < 4.78 is 0. The first-order valence-corrected chi connectivity index (χ1v) is 2.03. The van der Waals surface area contributed by atoms with Gasteiger partial charge in [0.2, 0.25) is 6.10 Å². The van der Waals surface area contributed by atoms with E-state index in [1.165, 1.54) is 0 Å². The summed E-state index contributed by atoms with van der Waals surface area (Å²) in [5, 5.41) is 0. The van der Waals surface area contributed by atoms with Crippen LogP contribution >= 0.6 is 0 Å². The van der Waals surface area contributed by atoms with Crippen molar-refractivity contribution in [2.45, 2.75) is 6.10 Å². The van der Waals surface area contributed by atoms with E-state index in [-0.39, 0.29) is 0 Å². The molecule has 0 heterocycles. The van der Waals surface area contributed by atoms with Crippen molar-refractivity contribution < 1.29 is 14.4 Å². The van der Waals surface area contributed by atoms with Gasteiger partial charge in [0, 0.05) is 0 Å². The molecule has 0 aliphatic rings. The summed E-state index contributed by atoms with van der Waals surface area (Å²) >= 11 is 0. The molecule has 0 aromatic carbocycles. The molecule has 9 heavy (non-hydrogen) atoms. The highest BCUT2D eigenvalue weighted by Gasteiger charge is 2.20. The molecule has 0 bridgehead atoms. The molecule has 0 spiro atoms. The predicted molar refractivity (Wildman–Crippen MR) is 27.4 cm³/mol. The fourth-order valence-corrected chi connectivity index (χ4v) is 0.274. The molecule has 2 amide bonds. The molecule has 52 valence electrons. The molecule has 0 aliphatic carbocycles. The number of amides is 2. The van der Waals surface area contributed by atoms with Crippen LogP contribution in [0, 0.1) is 0 Å². The van der Waals surface area contributed by atoms with Crippen LogP contribution in [-0.4, -0.2) is 17.9 Å². The zero-order valence-electron chi connectivity index (χ0n) is 4.53. The molecule has 0 radical (unpaired) electrons. The largest absolute Gasteiger partial charge is 0.367 e. The summed E-state index contributed by atoms with van der Waals surface area (Å²) in [7, 11) is 0. The van der Waals surface area contributed by atoms with Crippen molar-refractivity contribution in [2.24, 2.45) is 17.4 Å². The van der Waals surface area contributed by atoms with Crippen LogP contribution in [0.25, 0.3) is 0 Å². The fraction of sp³-hybridized carbons (Fsp3) is 0.333. The molecule has 6 N–H and O–H groups in total. The molecule has 0 aromatic heterocycles. The predicted octanol–water partition coefficient (Wildman–Crippen LogP) is -2.78. The summed E-state index contributed by atoms with van der Waals surface area (Å²) in [6.07, 6.45) is -1.52. The van der Waals surface area contributed by atoms with Gasteiger partial charge in [-0.3, -0.25) is 14.4 Å². The van der Waals surface area contributed by atoms with E-state index in [2.05, 4.69) is 22.2 Å². The molecule has 0 rings (SSSR count). The van der Waals surface area contributed by atoms with Crippen molar-refractivity contribution in [1.82, 2.24) is 0 Å². The first-order chi connectivity index (χ1) is 4.09. The maximum atomic E-state index is 10.1. The third-order valence-electron chi connectivity index (χ3n) is 0.653. The van der Waals surface area contributed by atoms with Crippen molar-refractivity contribution in [3.8, 4) is 0 Å². The molecule has 0 fully saturated rings. The summed E-state index contributed by atoms with van der Waals surface area (Å²) in [6.45, 7) is 0. The Morgan fingerprint density at radius 2 is 1.56 bits per heavy atom. The van der Waals surface area contributed by atoms with Gasteiger partial charge in [0.25, 0.3) is 11.8 Å². The van der Waals surface area contributed by atoms with Crippen LogP contribution in [0.5, 0.6) is 0 Å². The monoisotopic (exact) mass is 133 g/mol. The highest BCUT2D eigenvalue weighted by atomic mass is 16.6. The quantitative estimate of drug-likeness (QED) is 0.284. The van der Waals surface area contributed by atoms with Gasteiger partial charge in [-0.05, 0) is 0 Å². The zero-order chi connectivity index (χ0) is 7.44. The molecule has 0 aromatic rings. The second kappa shape index (κ2) is 3.00. The molecule has 0 aliphatic heterocycles. The minimum atomic E-state index is -1.52. The van der Waals surface area contributed by atoms with E-state index in [1.54, 1.807) is 0 Å². The second-order valence-corrected chi connectivity index (χ2v) is 1.32. The van der Waals surface area contributed by atoms with Crippen LogP contribution < -0.4 is 17.4 Å². The molecule has 6 heteroatoms. The summed E-state index contributed by atoms with van der Waals surface area (Å²) in [4.78, 5) is 24.0. The smallest absolute Gasteiger partial charge is 0.258 e. The lowest BCUT2D eigenvalue weighted by Gasteiger charge is -2.03. The molecular weight excluding hydrogens is 126 g/mol. The lowest BCUT2D eigenvalue weighted by atomic mass is 10.3. The average Bonchev–Trinajstić information content (AvgIpc) is 1.64. The van der Waals surface area contributed by atoms with E-state index in [0.29, 0.717) is 0 Å². The SMILES string of the molecule is NOC(C(N)=O)C(N)=O. The molecule has 6 nitrogen and oxygen atoms in total. The van der Waals surface area contributed by atoms with Crippen LogP contribution in [0.4, 0.5) is 0 Å². The van der Waals surface area contributed by atoms with E-state index < -0.39 is 17.9 Å². The van der Waals surface area contributed by atoms with Crippen molar-refractivity contribution in [3.05, 3.63) is 0 Å².